The van der Waals surface area contributed by atoms with Crippen molar-refractivity contribution < 1.29 is 0 Å². The van der Waals surface area contributed by atoms with Crippen LogP contribution in [0.25, 0.3) is 21.8 Å². The second-order valence-corrected chi connectivity index (χ2v) is 5.47. The maximum Gasteiger partial charge on any atom is 0.124 e. The number of nitrogens with two attached hydrogens (primary N) is 1. The SMILES string of the molecule is Nc1cccc(-c2csc(-c3cccc(Cl)c3)n2)c1. The van der Waals surface area contributed by atoms with Crippen molar-refractivity contribution in [2.45, 2.75) is 0 Å². The lowest BCUT2D eigenvalue weighted by Gasteiger charge is -1.99. The van der Waals surface area contributed by atoms with E-state index in [0.717, 1.165) is 32.5 Å². The molecule has 3 aromatic rings. The van der Waals surface area contributed by atoms with Gasteiger partial charge in [-0.3, -0.25) is 0 Å². The molecule has 0 amide bonds. The number of hydrogen-bond donors (Lipinski definition) is 1. The summed E-state index contributed by atoms with van der Waals surface area (Å²) >= 11 is 7.60. The summed E-state index contributed by atoms with van der Waals surface area (Å²) in [5.41, 5.74) is 9.54. The molecule has 0 aliphatic carbocycles. The first-order chi connectivity index (χ1) is 9.22. The summed E-state index contributed by atoms with van der Waals surface area (Å²) in [6.07, 6.45) is 0. The number of hydrogen-bond acceptors (Lipinski definition) is 3. The van der Waals surface area contributed by atoms with Crippen LogP contribution in [-0.4, -0.2) is 4.98 Å². The maximum absolute atomic E-state index is 6.00. The van der Waals surface area contributed by atoms with Crippen molar-refractivity contribution in [3.05, 3.63) is 58.9 Å². The van der Waals surface area contributed by atoms with Crippen molar-refractivity contribution in [1.29, 1.82) is 0 Å². The van der Waals surface area contributed by atoms with Crippen LogP contribution in [-0.2, 0) is 0 Å². The molecule has 0 bridgehead atoms. The average Bonchev–Trinajstić information content (AvgIpc) is 2.88. The van der Waals surface area contributed by atoms with Gasteiger partial charge < -0.3 is 5.73 Å². The number of anilines is 1. The third kappa shape index (κ3) is 2.62. The number of rotatable bonds is 2. The largest absolute Gasteiger partial charge is 0.399 e. The Morgan fingerprint density at radius 3 is 2.58 bits per heavy atom. The molecule has 0 unspecified atom stereocenters. The van der Waals surface area contributed by atoms with Gasteiger partial charge in [0.15, 0.2) is 0 Å². The zero-order chi connectivity index (χ0) is 13.2. The lowest BCUT2D eigenvalue weighted by atomic mass is 10.1. The van der Waals surface area contributed by atoms with Crippen molar-refractivity contribution in [3.63, 3.8) is 0 Å². The summed E-state index contributed by atoms with van der Waals surface area (Å²) in [5, 5.41) is 3.71. The van der Waals surface area contributed by atoms with E-state index in [2.05, 4.69) is 4.98 Å². The standard InChI is InChI=1S/C15H11ClN2S/c16-12-5-1-4-11(7-12)15-18-14(9-19-15)10-3-2-6-13(17)8-10/h1-9H,17H2. The van der Waals surface area contributed by atoms with Crippen LogP contribution in [0.4, 0.5) is 5.69 Å². The molecule has 0 aliphatic rings. The molecule has 0 radical (unpaired) electrons. The zero-order valence-electron chi connectivity index (χ0n) is 10.0. The second kappa shape index (κ2) is 5.03. The van der Waals surface area contributed by atoms with Gasteiger partial charge in [-0.15, -0.1) is 11.3 Å². The van der Waals surface area contributed by atoms with E-state index in [4.69, 9.17) is 17.3 Å². The van der Waals surface area contributed by atoms with E-state index in [-0.39, 0.29) is 0 Å². The maximum atomic E-state index is 6.00. The Morgan fingerprint density at radius 1 is 1.00 bits per heavy atom. The predicted molar refractivity (Wildman–Crippen MR) is 82.4 cm³/mol. The predicted octanol–water partition coefficient (Wildman–Crippen LogP) is 4.71. The third-order valence-corrected chi connectivity index (χ3v) is 3.88. The summed E-state index contributed by atoms with van der Waals surface area (Å²) in [4.78, 5) is 4.64. The minimum absolute atomic E-state index is 0.721. The van der Waals surface area contributed by atoms with Gasteiger partial charge in [0.1, 0.15) is 5.01 Å². The van der Waals surface area contributed by atoms with Gasteiger partial charge in [0.25, 0.3) is 0 Å². The van der Waals surface area contributed by atoms with Gasteiger partial charge in [0, 0.05) is 27.2 Å². The quantitative estimate of drug-likeness (QED) is 0.693. The van der Waals surface area contributed by atoms with Crippen LogP contribution < -0.4 is 5.73 Å². The van der Waals surface area contributed by atoms with Crippen LogP contribution in [0.3, 0.4) is 0 Å². The Labute approximate surface area is 120 Å². The van der Waals surface area contributed by atoms with E-state index < -0.39 is 0 Å². The molecule has 0 aliphatic heterocycles. The van der Waals surface area contributed by atoms with E-state index in [9.17, 15) is 0 Å². The number of benzene rings is 2. The van der Waals surface area contributed by atoms with Gasteiger partial charge >= 0.3 is 0 Å². The molecule has 2 N–H and O–H groups in total. The Morgan fingerprint density at radius 2 is 1.79 bits per heavy atom. The molecule has 94 valence electrons. The third-order valence-electron chi connectivity index (χ3n) is 2.76. The Kier molecular flexibility index (Phi) is 3.23. The Bertz CT molecular complexity index is 661. The van der Waals surface area contributed by atoms with Crippen LogP contribution in [0, 0.1) is 0 Å². The number of halogens is 1. The van der Waals surface area contributed by atoms with Gasteiger partial charge in [-0.1, -0.05) is 35.9 Å². The molecule has 0 fully saturated rings. The highest BCUT2D eigenvalue weighted by Gasteiger charge is 2.07. The highest BCUT2D eigenvalue weighted by Crippen LogP contribution is 2.30. The summed E-state index contributed by atoms with van der Waals surface area (Å²) in [5.74, 6) is 0. The molecule has 1 aromatic heterocycles. The van der Waals surface area contributed by atoms with E-state index in [1.165, 1.54) is 0 Å². The minimum Gasteiger partial charge on any atom is -0.399 e. The first kappa shape index (κ1) is 12.2. The van der Waals surface area contributed by atoms with Crippen LogP contribution in [0.15, 0.2) is 53.9 Å². The molecule has 2 nitrogen and oxygen atoms in total. The molecule has 3 rings (SSSR count). The number of thiazole rings is 1. The molecular weight excluding hydrogens is 276 g/mol. The van der Waals surface area contributed by atoms with E-state index in [0.29, 0.717) is 0 Å². The number of nitrogens with zero attached hydrogens (tertiary/aromatic N) is 1. The monoisotopic (exact) mass is 286 g/mol. The van der Waals surface area contributed by atoms with Gasteiger partial charge in [0.05, 0.1) is 5.69 Å². The number of aromatic nitrogens is 1. The fraction of sp³-hybridized carbons (Fsp3) is 0. The van der Waals surface area contributed by atoms with E-state index >= 15 is 0 Å². The fourth-order valence-electron chi connectivity index (χ4n) is 1.86. The zero-order valence-corrected chi connectivity index (χ0v) is 11.6. The van der Waals surface area contributed by atoms with Crippen molar-refractivity contribution in [2.75, 3.05) is 5.73 Å². The lowest BCUT2D eigenvalue weighted by Crippen LogP contribution is -1.85. The topological polar surface area (TPSA) is 38.9 Å². The second-order valence-electron chi connectivity index (χ2n) is 4.17. The molecule has 0 spiro atoms. The summed E-state index contributed by atoms with van der Waals surface area (Å²) in [7, 11) is 0. The van der Waals surface area contributed by atoms with Crippen LogP contribution >= 0.6 is 22.9 Å². The van der Waals surface area contributed by atoms with Crippen molar-refractivity contribution in [2.24, 2.45) is 0 Å². The average molecular weight is 287 g/mol. The molecule has 1 heterocycles. The van der Waals surface area contributed by atoms with Gasteiger partial charge in [-0.05, 0) is 24.3 Å². The lowest BCUT2D eigenvalue weighted by molar-refractivity contribution is 1.40. The van der Waals surface area contributed by atoms with E-state index in [1.807, 2.05) is 53.9 Å². The van der Waals surface area contributed by atoms with E-state index in [1.54, 1.807) is 11.3 Å². The molecule has 0 saturated carbocycles. The minimum atomic E-state index is 0.721. The van der Waals surface area contributed by atoms with Crippen LogP contribution in [0.2, 0.25) is 5.02 Å². The molecule has 4 heteroatoms. The van der Waals surface area contributed by atoms with Gasteiger partial charge in [-0.2, -0.15) is 0 Å². The van der Waals surface area contributed by atoms with Crippen molar-refractivity contribution >= 4 is 28.6 Å². The Balaban J connectivity index is 2.00. The van der Waals surface area contributed by atoms with Gasteiger partial charge in [0.2, 0.25) is 0 Å². The first-order valence-electron chi connectivity index (χ1n) is 5.80. The van der Waals surface area contributed by atoms with Crippen molar-refractivity contribution in [1.82, 2.24) is 4.98 Å². The summed E-state index contributed by atoms with van der Waals surface area (Å²) < 4.78 is 0. The molecule has 0 atom stereocenters. The highest BCUT2D eigenvalue weighted by molar-refractivity contribution is 7.13. The molecule has 19 heavy (non-hydrogen) atoms. The molecule has 0 saturated heterocycles. The summed E-state index contributed by atoms with van der Waals surface area (Å²) in [6, 6.07) is 15.5. The smallest absolute Gasteiger partial charge is 0.124 e. The normalized spacial score (nSPS) is 10.6. The highest BCUT2D eigenvalue weighted by atomic mass is 35.5. The van der Waals surface area contributed by atoms with Crippen LogP contribution in [0.5, 0.6) is 0 Å². The van der Waals surface area contributed by atoms with Crippen LogP contribution in [0.1, 0.15) is 0 Å². The fourth-order valence-corrected chi connectivity index (χ4v) is 2.87. The summed E-state index contributed by atoms with van der Waals surface area (Å²) in [6.45, 7) is 0. The number of nitrogen functional groups attached to an aromatic ring is 1. The molecule has 2 aromatic carbocycles. The first-order valence-corrected chi connectivity index (χ1v) is 7.05. The van der Waals surface area contributed by atoms with Crippen molar-refractivity contribution in [3.8, 4) is 21.8 Å². The van der Waals surface area contributed by atoms with Gasteiger partial charge in [-0.25, -0.2) is 4.98 Å². The molecular formula is C15H11ClN2S. The Hall–Kier alpha value is -1.84.